The molecule has 0 saturated carbocycles. The van der Waals surface area contributed by atoms with Gasteiger partial charge in [0.2, 0.25) is 0 Å². The first-order valence-electron chi connectivity index (χ1n) is 5.67. The zero-order valence-corrected chi connectivity index (χ0v) is 11.4. The van der Waals surface area contributed by atoms with Crippen LogP contribution in [0.15, 0.2) is 22.7 Å². The highest BCUT2D eigenvalue weighted by Gasteiger charge is 2.28. The highest BCUT2D eigenvalue weighted by molar-refractivity contribution is 9.10. The first-order chi connectivity index (χ1) is 7.59. The molecule has 1 N–H and O–H groups in total. The molecule has 0 amide bonds. The van der Waals surface area contributed by atoms with Gasteiger partial charge in [-0.15, -0.1) is 0 Å². The van der Waals surface area contributed by atoms with Crippen molar-refractivity contribution in [1.82, 2.24) is 5.32 Å². The molecule has 1 aromatic rings. The maximum absolute atomic E-state index is 5.42. The van der Waals surface area contributed by atoms with Crippen molar-refractivity contribution >= 4 is 15.9 Å². The van der Waals surface area contributed by atoms with Crippen LogP contribution in [0.4, 0.5) is 0 Å². The van der Waals surface area contributed by atoms with Crippen molar-refractivity contribution in [2.75, 3.05) is 13.2 Å². The van der Waals surface area contributed by atoms with Crippen molar-refractivity contribution < 1.29 is 4.74 Å². The van der Waals surface area contributed by atoms with Gasteiger partial charge in [0.15, 0.2) is 0 Å². The molecule has 16 heavy (non-hydrogen) atoms. The predicted octanol–water partition coefficient (Wildman–Crippen LogP) is 3.03. The average molecular weight is 284 g/mol. The molecule has 1 aromatic carbocycles. The van der Waals surface area contributed by atoms with Gasteiger partial charge < -0.3 is 10.1 Å². The third-order valence-corrected chi connectivity index (χ3v) is 4.05. The molecule has 1 heterocycles. The van der Waals surface area contributed by atoms with Crippen LogP contribution in [-0.4, -0.2) is 18.8 Å². The van der Waals surface area contributed by atoms with E-state index in [1.54, 1.807) is 0 Å². The lowest BCUT2D eigenvalue weighted by Gasteiger charge is -2.23. The standard InChI is InChI=1S/C13H18BrNO/c1-10-7-11(3-4-12(10)14)8-15-13(2)5-6-16-9-13/h3-4,7,15H,5-6,8-9H2,1-2H3. The molecular formula is C13H18BrNO. The van der Waals surface area contributed by atoms with Crippen molar-refractivity contribution in [3.63, 3.8) is 0 Å². The van der Waals surface area contributed by atoms with Gasteiger partial charge in [0.25, 0.3) is 0 Å². The van der Waals surface area contributed by atoms with Gasteiger partial charge in [-0.2, -0.15) is 0 Å². The van der Waals surface area contributed by atoms with Gasteiger partial charge in [-0.25, -0.2) is 0 Å². The first kappa shape index (κ1) is 12.1. The fourth-order valence-electron chi connectivity index (χ4n) is 1.94. The zero-order chi connectivity index (χ0) is 11.6. The van der Waals surface area contributed by atoms with Crippen LogP contribution in [0.1, 0.15) is 24.5 Å². The maximum Gasteiger partial charge on any atom is 0.0646 e. The Kier molecular flexibility index (Phi) is 3.67. The Hall–Kier alpha value is -0.380. The van der Waals surface area contributed by atoms with E-state index in [0.717, 1.165) is 26.2 Å². The summed E-state index contributed by atoms with van der Waals surface area (Å²) in [5, 5.41) is 3.58. The predicted molar refractivity (Wildman–Crippen MR) is 69.6 cm³/mol. The highest BCUT2D eigenvalue weighted by Crippen LogP contribution is 2.20. The lowest BCUT2D eigenvalue weighted by atomic mass is 10.0. The molecule has 1 fully saturated rings. The smallest absolute Gasteiger partial charge is 0.0646 e. The number of ether oxygens (including phenoxy) is 1. The number of nitrogens with one attached hydrogen (secondary N) is 1. The number of rotatable bonds is 3. The summed E-state index contributed by atoms with van der Waals surface area (Å²) in [7, 11) is 0. The van der Waals surface area contributed by atoms with Crippen molar-refractivity contribution in [3.05, 3.63) is 33.8 Å². The SMILES string of the molecule is Cc1cc(CNC2(C)CCOC2)ccc1Br. The summed E-state index contributed by atoms with van der Waals surface area (Å²) in [6.45, 7) is 6.96. The molecule has 1 unspecified atom stereocenters. The fourth-order valence-corrected chi connectivity index (χ4v) is 2.19. The fraction of sp³-hybridized carbons (Fsp3) is 0.538. The normalized spacial score (nSPS) is 24.9. The second-order valence-corrected chi connectivity index (χ2v) is 5.65. The summed E-state index contributed by atoms with van der Waals surface area (Å²) in [5.74, 6) is 0. The quantitative estimate of drug-likeness (QED) is 0.921. The number of benzene rings is 1. The van der Waals surface area contributed by atoms with E-state index in [-0.39, 0.29) is 5.54 Å². The van der Waals surface area contributed by atoms with Crippen LogP contribution in [0.25, 0.3) is 0 Å². The first-order valence-corrected chi connectivity index (χ1v) is 6.46. The Balaban J connectivity index is 1.96. The summed E-state index contributed by atoms with van der Waals surface area (Å²) in [5.41, 5.74) is 2.77. The summed E-state index contributed by atoms with van der Waals surface area (Å²) < 4.78 is 6.59. The average Bonchev–Trinajstić information content (AvgIpc) is 2.68. The van der Waals surface area contributed by atoms with Crippen LogP contribution in [-0.2, 0) is 11.3 Å². The maximum atomic E-state index is 5.42. The molecule has 2 rings (SSSR count). The summed E-state index contributed by atoms with van der Waals surface area (Å²) in [4.78, 5) is 0. The molecule has 0 radical (unpaired) electrons. The van der Waals surface area contributed by atoms with Gasteiger partial charge in [-0.3, -0.25) is 0 Å². The molecule has 3 heteroatoms. The van der Waals surface area contributed by atoms with Crippen LogP contribution in [0, 0.1) is 6.92 Å². The second kappa shape index (κ2) is 4.86. The van der Waals surface area contributed by atoms with Crippen molar-refractivity contribution in [2.24, 2.45) is 0 Å². The van der Waals surface area contributed by atoms with E-state index in [9.17, 15) is 0 Å². The summed E-state index contributed by atoms with van der Waals surface area (Å²) in [6, 6.07) is 6.49. The molecule has 0 aromatic heterocycles. The van der Waals surface area contributed by atoms with E-state index in [4.69, 9.17) is 4.74 Å². The molecule has 0 bridgehead atoms. The monoisotopic (exact) mass is 283 g/mol. The molecule has 0 aliphatic carbocycles. The molecular weight excluding hydrogens is 266 g/mol. The van der Waals surface area contributed by atoms with Crippen LogP contribution in [0.2, 0.25) is 0 Å². The number of hydrogen-bond acceptors (Lipinski definition) is 2. The molecule has 1 saturated heterocycles. The number of aryl methyl sites for hydroxylation is 1. The third-order valence-electron chi connectivity index (χ3n) is 3.16. The van der Waals surface area contributed by atoms with E-state index >= 15 is 0 Å². The Labute approximate surface area is 106 Å². The largest absolute Gasteiger partial charge is 0.379 e. The van der Waals surface area contributed by atoms with Gasteiger partial charge >= 0.3 is 0 Å². The van der Waals surface area contributed by atoms with Crippen LogP contribution >= 0.6 is 15.9 Å². The molecule has 88 valence electrons. The molecule has 1 aliphatic heterocycles. The van der Waals surface area contributed by atoms with E-state index in [1.807, 2.05) is 0 Å². The van der Waals surface area contributed by atoms with Gasteiger partial charge in [-0.1, -0.05) is 28.1 Å². The van der Waals surface area contributed by atoms with E-state index < -0.39 is 0 Å². The van der Waals surface area contributed by atoms with Crippen LogP contribution < -0.4 is 5.32 Å². The summed E-state index contributed by atoms with van der Waals surface area (Å²) in [6.07, 6.45) is 1.10. The Morgan fingerprint density at radius 3 is 2.94 bits per heavy atom. The molecule has 1 aliphatic rings. The van der Waals surface area contributed by atoms with E-state index in [1.165, 1.54) is 15.6 Å². The Morgan fingerprint density at radius 1 is 1.50 bits per heavy atom. The Morgan fingerprint density at radius 2 is 2.31 bits per heavy atom. The van der Waals surface area contributed by atoms with E-state index in [0.29, 0.717) is 0 Å². The Bertz CT molecular complexity index is 372. The topological polar surface area (TPSA) is 21.3 Å². The van der Waals surface area contributed by atoms with Crippen LogP contribution in [0.5, 0.6) is 0 Å². The van der Waals surface area contributed by atoms with Gasteiger partial charge in [0, 0.05) is 23.2 Å². The zero-order valence-electron chi connectivity index (χ0n) is 9.85. The highest BCUT2D eigenvalue weighted by atomic mass is 79.9. The molecule has 2 nitrogen and oxygen atoms in total. The van der Waals surface area contributed by atoms with Gasteiger partial charge in [-0.05, 0) is 37.5 Å². The minimum absolute atomic E-state index is 0.154. The summed E-state index contributed by atoms with van der Waals surface area (Å²) >= 11 is 3.52. The van der Waals surface area contributed by atoms with Gasteiger partial charge in [0.1, 0.15) is 0 Å². The third kappa shape index (κ3) is 2.84. The second-order valence-electron chi connectivity index (χ2n) is 4.80. The minimum atomic E-state index is 0.154. The van der Waals surface area contributed by atoms with Crippen molar-refractivity contribution in [2.45, 2.75) is 32.4 Å². The minimum Gasteiger partial charge on any atom is -0.379 e. The number of hydrogen-bond donors (Lipinski definition) is 1. The number of halogens is 1. The lowest BCUT2D eigenvalue weighted by Crippen LogP contribution is -2.42. The molecule has 0 spiro atoms. The van der Waals surface area contributed by atoms with Crippen LogP contribution in [0.3, 0.4) is 0 Å². The van der Waals surface area contributed by atoms with Crippen molar-refractivity contribution in [1.29, 1.82) is 0 Å². The van der Waals surface area contributed by atoms with Gasteiger partial charge in [0.05, 0.1) is 6.61 Å². The lowest BCUT2D eigenvalue weighted by molar-refractivity contribution is 0.171. The van der Waals surface area contributed by atoms with Crippen molar-refractivity contribution in [3.8, 4) is 0 Å². The molecule has 1 atom stereocenters. The van der Waals surface area contributed by atoms with E-state index in [2.05, 4.69) is 53.3 Å².